The lowest BCUT2D eigenvalue weighted by molar-refractivity contribution is -0.307. The molecule has 4 rings (SSSR count). The number of aromatic nitrogens is 4. The topological polar surface area (TPSA) is 223 Å². The highest BCUT2D eigenvalue weighted by Crippen LogP contribution is 2.40. The second-order valence-electron chi connectivity index (χ2n) is 9.46. The predicted molar refractivity (Wildman–Crippen MR) is 151 cm³/mol. The van der Waals surface area contributed by atoms with E-state index in [1.807, 2.05) is 27.8 Å². The monoisotopic (exact) mass is 604 g/mol. The number of nitrogens with zero attached hydrogens (tertiary/aromatic N) is 4. The molecule has 218 valence electrons. The van der Waals surface area contributed by atoms with Crippen molar-refractivity contribution in [2.24, 2.45) is 5.73 Å². The van der Waals surface area contributed by atoms with Gasteiger partial charge in [-0.2, -0.15) is 0 Å². The smallest absolute Gasteiger partial charge is 0.303 e. The molecule has 0 amide bonds. The van der Waals surface area contributed by atoms with Crippen LogP contribution >= 0.6 is 21.6 Å². The van der Waals surface area contributed by atoms with E-state index in [1.54, 1.807) is 0 Å². The molecule has 16 heteroatoms. The summed E-state index contributed by atoms with van der Waals surface area (Å²) in [4.78, 5) is 33.0. The van der Waals surface area contributed by atoms with E-state index in [0.717, 1.165) is 18.1 Å². The molecule has 7 N–H and O–H groups in total. The first-order valence-corrected chi connectivity index (χ1v) is 16.9. The Morgan fingerprint density at radius 1 is 1.28 bits per heavy atom. The van der Waals surface area contributed by atoms with Gasteiger partial charge in [-0.3, -0.25) is 9.36 Å². The van der Waals surface area contributed by atoms with Crippen LogP contribution in [0.2, 0.25) is 0 Å². The molecule has 0 radical (unpaired) electrons. The van der Waals surface area contributed by atoms with E-state index in [1.165, 1.54) is 35.8 Å². The minimum absolute atomic E-state index is 0.211. The van der Waals surface area contributed by atoms with Crippen molar-refractivity contribution in [3.05, 3.63) is 12.7 Å². The summed E-state index contributed by atoms with van der Waals surface area (Å²) >= 11 is 0. The van der Waals surface area contributed by atoms with Crippen molar-refractivity contribution in [2.45, 2.75) is 74.4 Å². The van der Waals surface area contributed by atoms with Crippen LogP contribution in [0.4, 0.5) is 5.82 Å². The van der Waals surface area contributed by atoms with Crippen LogP contribution in [0, 0.1) is 0 Å². The molecular weight excluding hydrogens is 568 g/mol. The van der Waals surface area contributed by atoms with Crippen LogP contribution in [0.3, 0.4) is 0 Å². The maximum Gasteiger partial charge on any atom is 0.303 e. The molecule has 2 saturated heterocycles. The van der Waals surface area contributed by atoms with E-state index in [2.05, 4.69) is 15.0 Å². The highest BCUT2D eigenvalue weighted by atomic mass is 33.1. The molecule has 2 aliphatic heterocycles. The number of imidazole rings is 1. The van der Waals surface area contributed by atoms with Gasteiger partial charge in [0, 0.05) is 29.9 Å². The molecule has 4 heterocycles. The van der Waals surface area contributed by atoms with Crippen LogP contribution in [-0.4, -0.2) is 99.9 Å². The number of rotatable bonds is 12. The second kappa shape index (κ2) is 15.3. The van der Waals surface area contributed by atoms with Gasteiger partial charge in [0.2, 0.25) is 0 Å². The zero-order chi connectivity index (χ0) is 28.5. The lowest BCUT2D eigenvalue weighted by Gasteiger charge is -2.16. The molecule has 7 atom stereocenters. The third-order valence-corrected chi connectivity index (χ3v) is 11.3. The molecular formula is C23H36N6O7S3. The quantitative estimate of drug-likeness (QED) is 0.117. The Morgan fingerprint density at radius 3 is 2.72 bits per heavy atom. The fourth-order valence-electron chi connectivity index (χ4n) is 4.18. The van der Waals surface area contributed by atoms with Gasteiger partial charge in [-0.1, -0.05) is 28.0 Å². The molecule has 2 unspecified atom stereocenters. The summed E-state index contributed by atoms with van der Waals surface area (Å²) in [6.45, 7) is 0. The number of anilines is 1. The Bertz CT molecular complexity index is 1090. The van der Waals surface area contributed by atoms with Gasteiger partial charge >= 0.3 is 5.97 Å². The molecule has 13 nitrogen and oxygen atoms in total. The number of carboxylic acid groups (broad SMARTS) is 2. The van der Waals surface area contributed by atoms with Gasteiger partial charge < -0.3 is 41.4 Å². The molecule has 0 saturated carbocycles. The van der Waals surface area contributed by atoms with Crippen molar-refractivity contribution in [3.63, 3.8) is 0 Å². The van der Waals surface area contributed by atoms with Gasteiger partial charge in [-0.15, -0.1) is 0 Å². The van der Waals surface area contributed by atoms with E-state index in [0.29, 0.717) is 29.1 Å². The van der Waals surface area contributed by atoms with Crippen molar-refractivity contribution in [2.75, 3.05) is 29.2 Å². The van der Waals surface area contributed by atoms with Crippen LogP contribution in [0.5, 0.6) is 0 Å². The van der Waals surface area contributed by atoms with E-state index in [4.69, 9.17) is 21.3 Å². The van der Waals surface area contributed by atoms with Gasteiger partial charge in [0.15, 0.2) is 17.7 Å². The molecule has 0 spiro atoms. The van der Waals surface area contributed by atoms with Gasteiger partial charge in [0.1, 0.15) is 41.7 Å². The van der Waals surface area contributed by atoms with E-state index in [-0.39, 0.29) is 23.1 Å². The second-order valence-corrected chi connectivity index (χ2v) is 14.6. The van der Waals surface area contributed by atoms with Gasteiger partial charge in [0.25, 0.3) is 0 Å². The summed E-state index contributed by atoms with van der Waals surface area (Å²) in [7, 11) is 3.65. The lowest BCUT2D eigenvalue weighted by atomic mass is 10.1. The number of carbonyl (C=O) groups is 2. The average molecular weight is 605 g/mol. The number of fused-ring (bicyclic) bond motifs is 1. The van der Waals surface area contributed by atoms with E-state index >= 15 is 0 Å². The number of nitrogens with two attached hydrogens (primary N) is 2. The fraction of sp³-hybridized carbons (Fsp3) is 0.696. The van der Waals surface area contributed by atoms with Crippen molar-refractivity contribution >= 4 is 61.4 Å². The largest absolute Gasteiger partial charge is 0.548 e. The SMILES string of the molecule is C[S+](CC[C@H](N)C(=O)[O-])C[C@H]1O[C@@H](n2cnc3c(N)ncnc32)[C@H](O)[C@@H]1O.O=C(O)CCCCC1CCSS1. The summed E-state index contributed by atoms with van der Waals surface area (Å²) in [5.41, 5.74) is 12.0. The molecule has 0 aliphatic carbocycles. The summed E-state index contributed by atoms with van der Waals surface area (Å²) in [5, 5.41) is 40.7. The van der Waals surface area contributed by atoms with Crippen LogP contribution in [0.25, 0.3) is 11.2 Å². The number of nitrogen functional groups attached to an aromatic ring is 1. The molecule has 2 aromatic rings. The number of aliphatic carboxylic acids is 2. The maximum atomic E-state index is 10.7. The number of carbonyl (C=O) groups excluding carboxylic acids is 1. The summed E-state index contributed by atoms with van der Waals surface area (Å²) in [6.07, 6.45) is 5.93. The molecule has 2 fully saturated rings. The summed E-state index contributed by atoms with van der Waals surface area (Å²) < 4.78 is 7.39. The number of unbranched alkanes of at least 4 members (excludes halogenated alkanes) is 1. The number of aliphatic hydroxyl groups excluding tert-OH is 2. The van der Waals surface area contributed by atoms with Crippen molar-refractivity contribution in [1.82, 2.24) is 19.5 Å². The summed E-state index contributed by atoms with van der Waals surface area (Å²) in [5.74, 6) is 0.547. The van der Waals surface area contributed by atoms with Gasteiger partial charge in [-0.25, -0.2) is 15.0 Å². The normalized spacial score (nSPS) is 26.2. The Morgan fingerprint density at radius 2 is 2.05 bits per heavy atom. The Labute approximate surface area is 237 Å². The minimum Gasteiger partial charge on any atom is -0.548 e. The van der Waals surface area contributed by atoms with Crippen LogP contribution in [0.15, 0.2) is 12.7 Å². The Balaban J connectivity index is 0.000000293. The molecule has 2 aromatic heterocycles. The Kier molecular flexibility index (Phi) is 12.4. The Hall–Kier alpha value is -1.82. The third-order valence-electron chi connectivity index (χ3n) is 6.42. The molecule has 0 bridgehead atoms. The number of carboxylic acids is 2. The van der Waals surface area contributed by atoms with Gasteiger partial charge in [-0.05, 0) is 30.2 Å². The minimum atomic E-state index is -1.28. The first-order valence-electron chi connectivity index (χ1n) is 12.6. The van der Waals surface area contributed by atoms with Crippen LogP contribution < -0.4 is 16.6 Å². The molecule has 39 heavy (non-hydrogen) atoms. The first-order chi connectivity index (χ1) is 18.6. The van der Waals surface area contributed by atoms with Crippen molar-refractivity contribution in [3.8, 4) is 0 Å². The molecule has 0 aromatic carbocycles. The van der Waals surface area contributed by atoms with E-state index in [9.17, 15) is 24.9 Å². The average Bonchev–Trinajstić information content (AvgIpc) is 3.63. The number of hydrogen-bond acceptors (Lipinski definition) is 13. The molecule has 2 aliphatic rings. The van der Waals surface area contributed by atoms with Gasteiger partial charge in [0.05, 0.1) is 18.6 Å². The van der Waals surface area contributed by atoms with Crippen molar-refractivity contribution in [1.29, 1.82) is 0 Å². The fourth-order valence-corrected chi connectivity index (χ4v) is 8.86. The first kappa shape index (κ1) is 31.7. The highest BCUT2D eigenvalue weighted by Gasteiger charge is 2.46. The zero-order valence-corrected chi connectivity index (χ0v) is 24.1. The number of hydrogen-bond donors (Lipinski definition) is 5. The zero-order valence-electron chi connectivity index (χ0n) is 21.6. The summed E-state index contributed by atoms with van der Waals surface area (Å²) in [6, 6.07) is -1.02. The maximum absolute atomic E-state index is 10.7. The van der Waals surface area contributed by atoms with Crippen LogP contribution in [0.1, 0.15) is 44.8 Å². The number of aliphatic hydroxyl groups is 2. The standard InChI is InChI=1S/C15H22N6O5S.C8H14O2S2/c1-27(3-2-7(16)15(24)25)4-8-10(22)11(23)14(26-8)21-6-20-9-12(17)18-5-19-13(9)21;9-8(10)4-2-1-3-7-5-6-11-12-7/h5-8,10-11,14,22-23H,2-4,16H2,1H3,(H2-,17,18,19,24,25);7H,1-6H2,(H,9,10)/t7-,8+,10+,11+,14+,27?;/m0./s1. The number of ether oxygens (including phenoxy) is 1. The lowest BCUT2D eigenvalue weighted by Crippen LogP contribution is -2.43. The third kappa shape index (κ3) is 9.09. The van der Waals surface area contributed by atoms with Crippen LogP contribution in [-0.2, 0) is 25.2 Å². The highest BCUT2D eigenvalue weighted by molar-refractivity contribution is 8.77. The van der Waals surface area contributed by atoms with E-state index < -0.39 is 42.5 Å². The predicted octanol–water partition coefficient (Wildman–Crippen LogP) is -0.472. The van der Waals surface area contributed by atoms with Crippen molar-refractivity contribution < 1.29 is 34.8 Å².